The second-order valence-corrected chi connectivity index (χ2v) is 9.83. The Morgan fingerprint density at radius 2 is 1.85 bits per heavy atom. The second kappa shape index (κ2) is 7.29. The Morgan fingerprint density at radius 1 is 1.11 bits per heavy atom. The van der Waals surface area contributed by atoms with Crippen molar-refractivity contribution in [1.82, 2.24) is 5.32 Å². The van der Waals surface area contributed by atoms with Crippen molar-refractivity contribution in [1.29, 1.82) is 0 Å². The molecule has 3 aliphatic rings. The highest BCUT2D eigenvalue weighted by molar-refractivity contribution is 5.44. The fourth-order valence-electron chi connectivity index (χ4n) is 5.72. The quantitative estimate of drug-likeness (QED) is 0.796. The molecule has 0 radical (unpaired) electrons. The molecule has 2 aliphatic heterocycles. The highest BCUT2D eigenvalue weighted by Crippen LogP contribution is 2.44. The number of rotatable bonds is 5. The van der Waals surface area contributed by atoms with Crippen LogP contribution in [-0.4, -0.2) is 24.7 Å². The van der Waals surface area contributed by atoms with Crippen LogP contribution in [0.4, 0.5) is 0 Å². The van der Waals surface area contributed by atoms with Crippen LogP contribution in [0.5, 0.6) is 11.5 Å². The van der Waals surface area contributed by atoms with Crippen LogP contribution in [0, 0.1) is 17.8 Å². The highest BCUT2D eigenvalue weighted by atomic mass is 16.7. The molecule has 1 saturated heterocycles. The van der Waals surface area contributed by atoms with Crippen LogP contribution < -0.4 is 14.8 Å². The van der Waals surface area contributed by atoms with Gasteiger partial charge in [0.05, 0.1) is 6.61 Å². The summed E-state index contributed by atoms with van der Waals surface area (Å²) in [5, 5.41) is 4.06. The van der Waals surface area contributed by atoms with E-state index in [-0.39, 0.29) is 11.3 Å². The van der Waals surface area contributed by atoms with Gasteiger partial charge in [0.2, 0.25) is 6.79 Å². The standard InChI is InChI=1S/C23H35NO3/c1-16(2)11-22(8-7-19-5-6-20-21(10-19)26-15-25-20)14-27-23(24-22)12-17(3)9-18(4)13-23/h5-6,10,16-18,24H,7-9,11-15H2,1-4H3/t17-,18+,22?,23?. The molecule has 27 heavy (non-hydrogen) atoms. The van der Waals surface area contributed by atoms with E-state index in [1.807, 2.05) is 6.07 Å². The van der Waals surface area contributed by atoms with Gasteiger partial charge in [-0.2, -0.15) is 0 Å². The number of nitrogens with one attached hydrogen (secondary N) is 1. The van der Waals surface area contributed by atoms with Gasteiger partial charge in [0, 0.05) is 5.54 Å². The molecule has 1 spiro atoms. The van der Waals surface area contributed by atoms with E-state index in [9.17, 15) is 0 Å². The summed E-state index contributed by atoms with van der Waals surface area (Å²) >= 11 is 0. The lowest BCUT2D eigenvalue weighted by Gasteiger charge is -2.42. The van der Waals surface area contributed by atoms with Crippen LogP contribution in [0.1, 0.15) is 65.4 Å². The fourth-order valence-corrected chi connectivity index (χ4v) is 5.72. The van der Waals surface area contributed by atoms with Crippen molar-refractivity contribution in [3.8, 4) is 11.5 Å². The van der Waals surface area contributed by atoms with E-state index in [4.69, 9.17) is 14.2 Å². The van der Waals surface area contributed by atoms with Gasteiger partial charge in [-0.05, 0) is 74.0 Å². The minimum atomic E-state index is -0.110. The summed E-state index contributed by atoms with van der Waals surface area (Å²) < 4.78 is 17.5. The summed E-state index contributed by atoms with van der Waals surface area (Å²) in [6.07, 6.45) is 6.88. The number of ether oxygens (including phenoxy) is 3. The Bertz CT molecular complexity index is 664. The van der Waals surface area contributed by atoms with E-state index >= 15 is 0 Å². The number of benzene rings is 1. The van der Waals surface area contributed by atoms with E-state index in [2.05, 4.69) is 45.1 Å². The number of aryl methyl sites for hydroxylation is 1. The number of hydrogen-bond donors (Lipinski definition) is 1. The van der Waals surface area contributed by atoms with Crippen LogP contribution in [-0.2, 0) is 11.2 Å². The zero-order valence-corrected chi connectivity index (χ0v) is 17.3. The maximum atomic E-state index is 6.55. The largest absolute Gasteiger partial charge is 0.454 e. The molecule has 2 unspecified atom stereocenters. The SMILES string of the molecule is CC(C)CC1(CCc2ccc3c(c2)OCO3)COC2(C[C@H](C)C[C@H](C)C2)N1. The molecule has 4 atom stereocenters. The molecular weight excluding hydrogens is 338 g/mol. The van der Waals surface area contributed by atoms with E-state index in [0.29, 0.717) is 12.7 Å². The minimum Gasteiger partial charge on any atom is -0.454 e. The van der Waals surface area contributed by atoms with Gasteiger partial charge < -0.3 is 14.2 Å². The molecule has 1 aliphatic carbocycles. The van der Waals surface area contributed by atoms with Gasteiger partial charge in [-0.3, -0.25) is 5.32 Å². The molecule has 0 bridgehead atoms. The minimum absolute atomic E-state index is 0.0708. The van der Waals surface area contributed by atoms with Gasteiger partial charge in [-0.25, -0.2) is 0 Å². The number of fused-ring (bicyclic) bond motifs is 1. The van der Waals surface area contributed by atoms with E-state index in [1.165, 1.54) is 12.0 Å². The number of hydrogen-bond acceptors (Lipinski definition) is 4. The molecule has 150 valence electrons. The lowest BCUT2D eigenvalue weighted by Crippen LogP contribution is -2.55. The summed E-state index contributed by atoms with van der Waals surface area (Å²) in [6.45, 7) is 10.6. The third-order valence-electron chi connectivity index (χ3n) is 6.41. The lowest BCUT2D eigenvalue weighted by molar-refractivity contribution is -0.0660. The topological polar surface area (TPSA) is 39.7 Å². The molecule has 4 rings (SSSR count). The van der Waals surface area contributed by atoms with E-state index in [0.717, 1.165) is 62.0 Å². The zero-order chi connectivity index (χ0) is 19.1. The Hall–Kier alpha value is -1.26. The summed E-state index contributed by atoms with van der Waals surface area (Å²) in [6, 6.07) is 6.35. The van der Waals surface area contributed by atoms with Crippen molar-refractivity contribution in [2.45, 2.75) is 77.5 Å². The normalized spacial score (nSPS) is 35.3. The molecule has 0 amide bonds. The average molecular weight is 374 g/mol. The molecule has 2 fully saturated rings. The van der Waals surface area contributed by atoms with Crippen molar-refractivity contribution in [2.75, 3.05) is 13.4 Å². The smallest absolute Gasteiger partial charge is 0.231 e. The first kappa shape index (κ1) is 19.1. The second-order valence-electron chi connectivity index (χ2n) is 9.83. The fraction of sp³-hybridized carbons (Fsp3) is 0.739. The zero-order valence-electron chi connectivity index (χ0n) is 17.3. The van der Waals surface area contributed by atoms with Crippen molar-refractivity contribution < 1.29 is 14.2 Å². The first-order valence-corrected chi connectivity index (χ1v) is 10.7. The van der Waals surface area contributed by atoms with Gasteiger partial charge in [0.1, 0.15) is 5.72 Å². The van der Waals surface area contributed by atoms with Crippen molar-refractivity contribution >= 4 is 0 Å². The molecule has 4 nitrogen and oxygen atoms in total. The predicted octanol–water partition coefficient (Wildman–Crippen LogP) is 4.91. The van der Waals surface area contributed by atoms with Crippen LogP contribution in [0.3, 0.4) is 0 Å². The van der Waals surface area contributed by atoms with Crippen LogP contribution >= 0.6 is 0 Å². The van der Waals surface area contributed by atoms with Crippen molar-refractivity contribution in [3.05, 3.63) is 23.8 Å². The molecular formula is C23H35NO3. The summed E-state index contributed by atoms with van der Waals surface area (Å²) in [5.41, 5.74) is 1.28. The van der Waals surface area contributed by atoms with Crippen molar-refractivity contribution in [3.63, 3.8) is 0 Å². The lowest BCUT2D eigenvalue weighted by atomic mass is 9.77. The Morgan fingerprint density at radius 3 is 2.59 bits per heavy atom. The summed E-state index contributed by atoms with van der Waals surface area (Å²) in [7, 11) is 0. The molecule has 1 aromatic rings. The molecule has 0 aromatic heterocycles. The first-order valence-electron chi connectivity index (χ1n) is 10.7. The van der Waals surface area contributed by atoms with Crippen LogP contribution in [0.25, 0.3) is 0 Å². The Labute approximate surface area is 164 Å². The monoisotopic (exact) mass is 373 g/mol. The van der Waals surface area contributed by atoms with E-state index < -0.39 is 0 Å². The molecule has 1 saturated carbocycles. The van der Waals surface area contributed by atoms with Gasteiger partial charge in [-0.15, -0.1) is 0 Å². The van der Waals surface area contributed by atoms with E-state index in [1.54, 1.807) is 0 Å². The maximum Gasteiger partial charge on any atom is 0.231 e. The van der Waals surface area contributed by atoms with Gasteiger partial charge in [0.15, 0.2) is 11.5 Å². The summed E-state index contributed by atoms with van der Waals surface area (Å²) in [4.78, 5) is 0. The Balaban J connectivity index is 1.48. The predicted molar refractivity (Wildman–Crippen MR) is 107 cm³/mol. The first-order chi connectivity index (χ1) is 12.9. The molecule has 4 heteroatoms. The highest BCUT2D eigenvalue weighted by Gasteiger charge is 2.50. The van der Waals surface area contributed by atoms with Gasteiger partial charge >= 0.3 is 0 Å². The van der Waals surface area contributed by atoms with Crippen molar-refractivity contribution in [2.24, 2.45) is 17.8 Å². The van der Waals surface area contributed by atoms with Gasteiger partial charge in [0.25, 0.3) is 0 Å². The summed E-state index contributed by atoms with van der Waals surface area (Å²) in [5.74, 6) is 3.84. The third kappa shape index (κ3) is 4.12. The Kier molecular flexibility index (Phi) is 5.15. The van der Waals surface area contributed by atoms with Crippen LogP contribution in [0.15, 0.2) is 18.2 Å². The maximum absolute atomic E-state index is 6.55. The molecule has 2 heterocycles. The molecule has 1 aromatic carbocycles. The third-order valence-corrected chi connectivity index (χ3v) is 6.41. The molecule has 1 N–H and O–H groups in total. The van der Waals surface area contributed by atoms with Gasteiger partial charge in [-0.1, -0.05) is 33.8 Å². The average Bonchev–Trinajstić information content (AvgIpc) is 3.16. The van der Waals surface area contributed by atoms with Crippen LogP contribution in [0.2, 0.25) is 0 Å².